The number of hydrogen-bond donors (Lipinski definition) is 3. The highest BCUT2D eigenvalue weighted by Crippen LogP contribution is 2.31. The van der Waals surface area contributed by atoms with Crippen molar-refractivity contribution in [1.29, 1.82) is 0 Å². The predicted octanol–water partition coefficient (Wildman–Crippen LogP) is 2.42. The monoisotopic (exact) mass is 265 g/mol. The molecule has 3 N–H and O–H groups in total. The summed E-state index contributed by atoms with van der Waals surface area (Å²) in [5.74, 6) is 0.920. The lowest BCUT2D eigenvalue weighted by Crippen LogP contribution is -2.14. The zero-order valence-corrected chi connectivity index (χ0v) is 11.3. The van der Waals surface area contributed by atoms with Crippen LogP contribution in [-0.2, 0) is 6.42 Å². The SMILES string of the molecule is CCSc1[nH]c2ccccc2c1CC(CO)CO. The Morgan fingerprint density at radius 2 is 1.94 bits per heavy atom. The van der Waals surface area contributed by atoms with Gasteiger partial charge in [-0.25, -0.2) is 0 Å². The number of benzene rings is 1. The van der Waals surface area contributed by atoms with Crippen LogP contribution in [0.1, 0.15) is 12.5 Å². The molecular weight excluding hydrogens is 246 g/mol. The first-order chi connectivity index (χ1) is 8.80. The van der Waals surface area contributed by atoms with Crippen molar-refractivity contribution in [3.8, 4) is 0 Å². The van der Waals surface area contributed by atoms with Crippen LogP contribution in [0.5, 0.6) is 0 Å². The number of hydrogen-bond acceptors (Lipinski definition) is 3. The van der Waals surface area contributed by atoms with Gasteiger partial charge >= 0.3 is 0 Å². The fraction of sp³-hybridized carbons (Fsp3) is 0.429. The van der Waals surface area contributed by atoms with Crippen LogP contribution >= 0.6 is 11.8 Å². The van der Waals surface area contributed by atoms with E-state index in [2.05, 4.69) is 24.0 Å². The molecule has 0 aliphatic rings. The van der Waals surface area contributed by atoms with Gasteiger partial charge in [-0.1, -0.05) is 25.1 Å². The number of fused-ring (bicyclic) bond motifs is 1. The van der Waals surface area contributed by atoms with E-state index in [1.165, 1.54) is 10.9 Å². The summed E-state index contributed by atoms with van der Waals surface area (Å²) in [4.78, 5) is 3.42. The predicted molar refractivity (Wildman–Crippen MR) is 76.1 cm³/mol. The topological polar surface area (TPSA) is 56.2 Å². The smallest absolute Gasteiger partial charge is 0.0765 e. The van der Waals surface area contributed by atoms with Crippen LogP contribution in [0, 0.1) is 5.92 Å². The molecule has 0 spiro atoms. The van der Waals surface area contributed by atoms with Gasteiger partial charge in [-0.3, -0.25) is 0 Å². The van der Waals surface area contributed by atoms with Crippen LogP contribution in [-0.4, -0.2) is 34.2 Å². The van der Waals surface area contributed by atoms with Crippen LogP contribution in [0.2, 0.25) is 0 Å². The van der Waals surface area contributed by atoms with Crippen molar-refractivity contribution in [2.75, 3.05) is 19.0 Å². The molecule has 0 atom stereocenters. The number of thioether (sulfide) groups is 1. The molecule has 0 saturated heterocycles. The third-order valence-corrected chi connectivity index (χ3v) is 4.00. The summed E-state index contributed by atoms with van der Waals surface area (Å²) in [6.45, 7) is 2.16. The largest absolute Gasteiger partial charge is 0.396 e. The molecule has 0 saturated carbocycles. The number of nitrogens with one attached hydrogen (secondary N) is 1. The molecule has 2 aromatic rings. The van der Waals surface area contributed by atoms with Crippen molar-refractivity contribution >= 4 is 22.7 Å². The number of aromatic nitrogens is 1. The molecule has 1 aromatic carbocycles. The zero-order chi connectivity index (χ0) is 13.0. The van der Waals surface area contributed by atoms with Gasteiger partial charge in [0.1, 0.15) is 0 Å². The first-order valence-corrected chi connectivity index (χ1v) is 7.22. The number of aromatic amines is 1. The van der Waals surface area contributed by atoms with Gasteiger partial charge in [-0.05, 0) is 23.8 Å². The summed E-state index contributed by atoms with van der Waals surface area (Å²) >= 11 is 1.77. The van der Waals surface area contributed by atoms with Gasteiger partial charge in [0, 0.05) is 30.0 Å². The maximum atomic E-state index is 9.24. The van der Waals surface area contributed by atoms with E-state index in [9.17, 15) is 10.2 Å². The molecule has 0 fully saturated rings. The average Bonchev–Trinajstić information content (AvgIpc) is 2.74. The van der Waals surface area contributed by atoms with E-state index in [-0.39, 0.29) is 19.1 Å². The van der Waals surface area contributed by atoms with E-state index < -0.39 is 0 Å². The van der Waals surface area contributed by atoms with Gasteiger partial charge in [0.25, 0.3) is 0 Å². The maximum absolute atomic E-state index is 9.24. The van der Waals surface area contributed by atoms with Gasteiger partial charge in [0.05, 0.1) is 5.03 Å². The Morgan fingerprint density at radius 3 is 2.61 bits per heavy atom. The molecule has 0 aliphatic heterocycles. The molecule has 3 nitrogen and oxygen atoms in total. The fourth-order valence-electron chi connectivity index (χ4n) is 2.12. The molecular formula is C14H19NO2S. The summed E-state index contributed by atoms with van der Waals surface area (Å²) < 4.78 is 0. The maximum Gasteiger partial charge on any atom is 0.0765 e. The highest BCUT2D eigenvalue weighted by molar-refractivity contribution is 7.99. The van der Waals surface area contributed by atoms with Crippen LogP contribution in [0.4, 0.5) is 0 Å². The van der Waals surface area contributed by atoms with Crippen molar-refractivity contribution < 1.29 is 10.2 Å². The number of aliphatic hydroxyl groups is 2. The second-order valence-corrected chi connectivity index (χ2v) is 5.62. The van der Waals surface area contributed by atoms with Gasteiger partial charge in [0.2, 0.25) is 0 Å². The Morgan fingerprint density at radius 1 is 1.22 bits per heavy atom. The van der Waals surface area contributed by atoms with Crippen LogP contribution in [0.25, 0.3) is 10.9 Å². The number of para-hydroxylation sites is 1. The quantitative estimate of drug-likeness (QED) is 0.703. The summed E-state index contributed by atoms with van der Waals surface area (Å²) in [6, 6.07) is 8.18. The minimum Gasteiger partial charge on any atom is -0.396 e. The van der Waals surface area contributed by atoms with Crippen molar-refractivity contribution in [2.24, 2.45) is 5.92 Å². The van der Waals surface area contributed by atoms with Crippen LogP contribution in [0.15, 0.2) is 29.3 Å². The molecule has 1 heterocycles. The molecule has 18 heavy (non-hydrogen) atoms. The van der Waals surface area contributed by atoms with E-state index in [1.54, 1.807) is 11.8 Å². The van der Waals surface area contributed by atoms with Crippen LogP contribution < -0.4 is 0 Å². The summed E-state index contributed by atoms with van der Waals surface area (Å²) in [5, 5.41) is 20.8. The zero-order valence-electron chi connectivity index (χ0n) is 10.5. The van der Waals surface area contributed by atoms with E-state index >= 15 is 0 Å². The first kappa shape index (κ1) is 13.5. The van der Waals surface area contributed by atoms with Crippen molar-refractivity contribution in [3.05, 3.63) is 29.8 Å². The Labute approximate surface area is 111 Å². The molecule has 2 rings (SSSR count). The van der Waals surface area contributed by atoms with Crippen molar-refractivity contribution in [1.82, 2.24) is 4.98 Å². The lowest BCUT2D eigenvalue weighted by atomic mass is 10.0. The average molecular weight is 265 g/mol. The molecule has 0 aliphatic carbocycles. The molecule has 0 unspecified atom stereocenters. The highest BCUT2D eigenvalue weighted by Gasteiger charge is 2.15. The Kier molecular flexibility index (Phi) is 4.69. The lowest BCUT2D eigenvalue weighted by Gasteiger charge is -2.11. The van der Waals surface area contributed by atoms with Crippen molar-refractivity contribution in [3.63, 3.8) is 0 Å². The number of H-pyrrole nitrogens is 1. The molecule has 1 aromatic heterocycles. The van der Waals surface area contributed by atoms with E-state index in [1.807, 2.05) is 12.1 Å². The van der Waals surface area contributed by atoms with E-state index in [0.29, 0.717) is 6.42 Å². The Hall–Kier alpha value is -0.970. The second kappa shape index (κ2) is 6.27. The third-order valence-electron chi connectivity index (χ3n) is 3.07. The third kappa shape index (κ3) is 2.71. The summed E-state index contributed by atoms with van der Waals surface area (Å²) in [5.41, 5.74) is 2.34. The molecule has 0 amide bonds. The first-order valence-electron chi connectivity index (χ1n) is 6.24. The number of aliphatic hydroxyl groups excluding tert-OH is 2. The normalized spacial score (nSPS) is 11.6. The van der Waals surface area contributed by atoms with E-state index in [4.69, 9.17) is 0 Å². The van der Waals surface area contributed by atoms with Crippen molar-refractivity contribution in [2.45, 2.75) is 18.4 Å². The van der Waals surface area contributed by atoms with Gasteiger partial charge in [-0.2, -0.15) is 0 Å². The van der Waals surface area contributed by atoms with Gasteiger partial charge in [0.15, 0.2) is 0 Å². The second-order valence-electron chi connectivity index (χ2n) is 4.35. The fourth-order valence-corrected chi connectivity index (χ4v) is 2.96. The minimum atomic E-state index is -0.0830. The molecule has 0 bridgehead atoms. The summed E-state index contributed by atoms with van der Waals surface area (Å²) in [6.07, 6.45) is 0.708. The number of rotatable bonds is 6. The van der Waals surface area contributed by atoms with E-state index in [0.717, 1.165) is 16.3 Å². The van der Waals surface area contributed by atoms with Gasteiger partial charge in [-0.15, -0.1) is 11.8 Å². The van der Waals surface area contributed by atoms with Gasteiger partial charge < -0.3 is 15.2 Å². The standard InChI is InChI=1S/C14H19NO2S/c1-2-18-14-12(7-10(8-16)9-17)11-5-3-4-6-13(11)15-14/h3-6,10,15-17H,2,7-9H2,1H3. The Balaban J connectivity index is 2.41. The molecule has 4 heteroatoms. The molecule has 0 radical (unpaired) electrons. The summed E-state index contributed by atoms with van der Waals surface area (Å²) in [7, 11) is 0. The Bertz CT molecular complexity index is 505. The minimum absolute atomic E-state index is 0.0201. The molecule has 98 valence electrons. The lowest BCUT2D eigenvalue weighted by molar-refractivity contribution is 0.150. The highest BCUT2D eigenvalue weighted by atomic mass is 32.2. The van der Waals surface area contributed by atoms with Crippen LogP contribution in [0.3, 0.4) is 0 Å².